The van der Waals surface area contributed by atoms with Crippen LogP contribution in [0, 0.1) is 0 Å². The first-order valence-electron chi connectivity index (χ1n) is 7.69. The van der Waals surface area contributed by atoms with Crippen molar-refractivity contribution in [2.75, 3.05) is 5.73 Å². The fraction of sp³-hybridized carbons (Fsp3) is 0.588. The van der Waals surface area contributed by atoms with E-state index in [2.05, 4.69) is 25.7 Å². The van der Waals surface area contributed by atoms with Crippen molar-refractivity contribution in [1.29, 1.82) is 0 Å². The van der Waals surface area contributed by atoms with E-state index in [1.165, 1.54) is 5.56 Å². The second kappa shape index (κ2) is 6.29. The Kier molecular flexibility index (Phi) is 4.69. The Morgan fingerprint density at radius 1 is 1.35 bits per heavy atom. The monoisotopic (exact) mass is 274 g/mol. The molecule has 0 bridgehead atoms. The summed E-state index contributed by atoms with van der Waals surface area (Å²) < 4.78 is 0. The molecule has 0 radical (unpaired) electrons. The molecule has 2 N–H and O–H groups in total. The van der Waals surface area contributed by atoms with Gasteiger partial charge in [-0.25, -0.2) is 0 Å². The van der Waals surface area contributed by atoms with E-state index < -0.39 is 0 Å². The van der Waals surface area contributed by atoms with Crippen LogP contribution in [0.1, 0.15) is 57.9 Å². The number of carbonyl (C=O) groups excluding carboxylic acids is 1. The van der Waals surface area contributed by atoms with Crippen LogP contribution in [0.4, 0.5) is 5.69 Å². The number of nitrogens with zero attached hydrogens (tertiary/aromatic N) is 1. The van der Waals surface area contributed by atoms with Crippen LogP contribution in [0.2, 0.25) is 0 Å². The van der Waals surface area contributed by atoms with Gasteiger partial charge in [0.05, 0.1) is 0 Å². The molecule has 1 heterocycles. The van der Waals surface area contributed by atoms with E-state index in [9.17, 15) is 4.79 Å². The Morgan fingerprint density at radius 3 is 2.60 bits per heavy atom. The average molecular weight is 274 g/mol. The van der Waals surface area contributed by atoms with Gasteiger partial charge < -0.3 is 10.6 Å². The number of hydrogen-bond acceptors (Lipinski definition) is 2. The average Bonchev–Trinajstić information content (AvgIpc) is 2.80. The highest BCUT2D eigenvalue weighted by Crippen LogP contribution is 2.29. The zero-order valence-electron chi connectivity index (χ0n) is 12.8. The van der Waals surface area contributed by atoms with Crippen LogP contribution in [-0.4, -0.2) is 22.9 Å². The van der Waals surface area contributed by atoms with Crippen molar-refractivity contribution in [3.63, 3.8) is 0 Å². The summed E-state index contributed by atoms with van der Waals surface area (Å²) in [7, 11) is 0. The Hall–Kier alpha value is -1.51. The normalized spacial score (nSPS) is 23.9. The van der Waals surface area contributed by atoms with Crippen molar-refractivity contribution >= 4 is 11.6 Å². The molecule has 1 aromatic carbocycles. The third-order valence-electron chi connectivity index (χ3n) is 4.53. The second-order valence-electron chi connectivity index (χ2n) is 6.06. The van der Waals surface area contributed by atoms with Gasteiger partial charge in [0.25, 0.3) is 0 Å². The highest BCUT2D eigenvalue weighted by molar-refractivity contribution is 5.78. The first-order valence-corrected chi connectivity index (χ1v) is 7.69. The molecule has 1 fully saturated rings. The Labute approximate surface area is 122 Å². The van der Waals surface area contributed by atoms with Gasteiger partial charge in [0.1, 0.15) is 0 Å². The van der Waals surface area contributed by atoms with E-state index in [1.807, 2.05) is 24.3 Å². The number of amides is 1. The molecule has 0 aromatic heterocycles. The topological polar surface area (TPSA) is 46.3 Å². The van der Waals surface area contributed by atoms with Gasteiger partial charge in [-0.05, 0) is 49.8 Å². The summed E-state index contributed by atoms with van der Waals surface area (Å²) in [5.41, 5.74) is 7.66. The van der Waals surface area contributed by atoms with Gasteiger partial charge in [0.15, 0.2) is 0 Å². The number of hydrogen-bond donors (Lipinski definition) is 1. The van der Waals surface area contributed by atoms with Crippen molar-refractivity contribution in [2.24, 2.45) is 0 Å². The Morgan fingerprint density at radius 2 is 2.00 bits per heavy atom. The number of nitrogen functional groups attached to an aromatic ring is 1. The molecule has 1 aromatic rings. The summed E-state index contributed by atoms with van der Waals surface area (Å²) in [6.07, 6.45) is 3.94. The summed E-state index contributed by atoms with van der Waals surface area (Å²) in [5.74, 6) is 0.541. The summed E-state index contributed by atoms with van der Waals surface area (Å²) in [6.45, 7) is 6.46. The predicted octanol–water partition coefficient (Wildman–Crippen LogP) is 3.55. The first kappa shape index (κ1) is 14.9. The number of benzene rings is 1. The van der Waals surface area contributed by atoms with E-state index >= 15 is 0 Å². The van der Waals surface area contributed by atoms with Crippen LogP contribution in [0.3, 0.4) is 0 Å². The van der Waals surface area contributed by atoms with Crippen LogP contribution >= 0.6 is 0 Å². The fourth-order valence-corrected chi connectivity index (χ4v) is 3.23. The molecule has 0 spiro atoms. The number of likely N-dealkylation sites (tertiary alicyclic amines) is 1. The molecule has 2 rings (SSSR count). The van der Waals surface area contributed by atoms with Crippen LogP contribution in [0.5, 0.6) is 0 Å². The van der Waals surface area contributed by atoms with Crippen LogP contribution < -0.4 is 5.73 Å². The van der Waals surface area contributed by atoms with Crippen molar-refractivity contribution in [2.45, 2.75) is 64.5 Å². The van der Waals surface area contributed by atoms with Gasteiger partial charge >= 0.3 is 0 Å². The smallest absolute Gasteiger partial charge is 0.223 e. The molecule has 1 amide bonds. The largest absolute Gasteiger partial charge is 0.399 e. The van der Waals surface area contributed by atoms with Gasteiger partial charge in [0, 0.05) is 24.2 Å². The summed E-state index contributed by atoms with van der Waals surface area (Å²) in [6, 6.07) is 8.70. The summed E-state index contributed by atoms with van der Waals surface area (Å²) in [5, 5.41) is 0. The molecule has 110 valence electrons. The highest BCUT2D eigenvalue weighted by Gasteiger charge is 2.33. The molecule has 3 nitrogen and oxygen atoms in total. The van der Waals surface area contributed by atoms with Gasteiger partial charge in [-0.2, -0.15) is 0 Å². The van der Waals surface area contributed by atoms with Crippen LogP contribution in [0.25, 0.3) is 0 Å². The Bertz CT molecular complexity index is 455. The summed E-state index contributed by atoms with van der Waals surface area (Å²) in [4.78, 5) is 14.7. The SMILES string of the molecule is CCC1CCC(C)N1C(=O)CC(C)c1ccc(N)cc1. The molecule has 1 saturated heterocycles. The molecule has 20 heavy (non-hydrogen) atoms. The molecule has 3 unspecified atom stereocenters. The van der Waals surface area contributed by atoms with Gasteiger partial charge in [-0.1, -0.05) is 26.0 Å². The number of anilines is 1. The number of carbonyl (C=O) groups is 1. The van der Waals surface area contributed by atoms with Crippen molar-refractivity contribution in [1.82, 2.24) is 4.90 Å². The van der Waals surface area contributed by atoms with E-state index in [1.54, 1.807) is 0 Å². The van der Waals surface area contributed by atoms with Crippen LogP contribution in [0.15, 0.2) is 24.3 Å². The van der Waals surface area contributed by atoms with Crippen LogP contribution in [-0.2, 0) is 4.79 Å². The minimum atomic E-state index is 0.244. The van der Waals surface area contributed by atoms with E-state index in [-0.39, 0.29) is 5.92 Å². The molecular formula is C17H26N2O. The fourth-order valence-electron chi connectivity index (χ4n) is 3.23. The zero-order chi connectivity index (χ0) is 14.7. The maximum atomic E-state index is 12.6. The lowest BCUT2D eigenvalue weighted by Gasteiger charge is -2.29. The highest BCUT2D eigenvalue weighted by atomic mass is 16.2. The van der Waals surface area contributed by atoms with E-state index in [0.717, 1.165) is 24.9 Å². The maximum Gasteiger partial charge on any atom is 0.223 e. The van der Waals surface area contributed by atoms with Gasteiger partial charge in [0.2, 0.25) is 5.91 Å². The van der Waals surface area contributed by atoms with E-state index in [0.29, 0.717) is 24.4 Å². The Balaban J connectivity index is 2.01. The molecular weight excluding hydrogens is 248 g/mol. The molecule has 0 saturated carbocycles. The predicted molar refractivity (Wildman–Crippen MR) is 83.5 cm³/mol. The third-order valence-corrected chi connectivity index (χ3v) is 4.53. The molecule has 1 aliphatic rings. The van der Waals surface area contributed by atoms with Gasteiger partial charge in [-0.3, -0.25) is 4.79 Å². The lowest BCUT2D eigenvalue weighted by Crippen LogP contribution is -2.40. The molecule has 1 aliphatic heterocycles. The van der Waals surface area contributed by atoms with E-state index in [4.69, 9.17) is 5.73 Å². The first-order chi connectivity index (χ1) is 9.52. The molecule has 3 heteroatoms. The summed E-state index contributed by atoms with van der Waals surface area (Å²) >= 11 is 0. The second-order valence-corrected chi connectivity index (χ2v) is 6.06. The van der Waals surface area contributed by atoms with Crippen molar-refractivity contribution in [3.8, 4) is 0 Å². The minimum absolute atomic E-state index is 0.244. The lowest BCUT2D eigenvalue weighted by atomic mass is 9.96. The standard InChI is InChI=1S/C17H26N2O/c1-4-16-10-5-13(3)19(16)17(20)11-12(2)14-6-8-15(18)9-7-14/h6-9,12-13,16H,4-5,10-11,18H2,1-3H3. The van der Waals surface area contributed by atoms with Gasteiger partial charge in [-0.15, -0.1) is 0 Å². The quantitative estimate of drug-likeness (QED) is 0.853. The van der Waals surface area contributed by atoms with Crippen molar-refractivity contribution in [3.05, 3.63) is 29.8 Å². The molecule has 0 aliphatic carbocycles. The minimum Gasteiger partial charge on any atom is -0.399 e. The van der Waals surface area contributed by atoms with Crippen molar-refractivity contribution < 1.29 is 4.79 Å². The number of nitrogens with two attached hydrogens (primary N) is 1. The molecule has 3 atom stereocenters. The third kappa shape index (κ3) is 3.14. The number of rotatable bonds is 4. The zero-order valence-corrected chi connectivity index (χ0v) is 12.8. The maximum absolute atomic E-state index is 12.6. The lowest BCUT2D eigenvalue weighted by molar-refractivity contribution is -0.134.